The van der Waals surface area contributed by atoms with Gasteiger partial charge >= 0.3 is 0 Å². The zero-order valence-electron chi connectivity index (χ0n) is 34.5. The molecule has 5 heteroatoms. The van der Waals surface area contributed by atoms with Crippen molar-refractivity contribution in [1.29, 1.82) is 0 Å². The van der Waals surface area contributed by atoms with Gasteiger partial charge in [-0.3, -0.25) is 9.78 Å². The quantitative estimate of drug-likeness (QED) is 0.0816. The number of pyridine rings is 1. The Hall–Kier alpha value is -3.11. The predicted octanol–water partition coefficient (Wildman–Crippen LogP) is 14.4. The van der Waals surface area contributed by atoms with E-state index in [4.69, 9.17) is 4.98 Å². The van der Waals surface area contributed by atoms with Crippen LogP contribution < -0.4 is 0 Å². The molecule has 0 amide bonds. The van der Waals surface area contributed by atoms with Gasteiger partial charge in [0, 0.05) is 59.5 Å². The van der Waals surface area contributed by atoms with Gasteiger partial charge in [-0.1, -0.05) is 109 Å². The molecular weight excluding hydrogens is 847 g/mol. The summed E-state index contributed by atoms with van der Waals surface area (Å²) >= 11 is 1.87. The molecule has 0 saturated heterocycles. The number of carbonyl (C=O) groups is 1. The van der Waals surface area contributed by atoms with Gasteiger partial charge < -0.3 is 5.11 Å². The summed E-state index contributed by atoms with van der Waals surface area (Å²) in [5.41, 5.74) is 11.8. The molecule has 0 aliphatic rings. The number of ketones is 1. The van der Waals surface area contributed by atoms with Crippen molar-refractivity contribution in [1.82, 2.24) is 4.98 Å². The van der Waals surface area contributed by atoms with Gasteiger partial charge in [0.1, 0.15) is 0 Å². The first-order chi connectivity index (χ1) is 24.5. The molecule has 0 unspecified atom stereocenters. The minimum Gasteiger partial charge on any atom is -0.512 e. The van der Waals surface area contributed by atoms with E-state index in [0.717, 1.165) is 43.4 Å². The molecule has 0 aliphatic heterocycles. The van der Waals surface area contributed by atoms with Crippen molar-refractivity contribution >= 4 is 38.0 Å². The Kier molecular flexibility index (Phi) is 15.8. The van der Waals surface area contributed by atoms with E-state index < -0.39 is 0 Å². The Balaban J connectivity index is 0.000000403. The Morgan fingerprint density at radius 3 is 2.04 bits per heavy atom. The molecular formula is C48H62IrNO2S-. The van der Waals surface area contributed by atoms with Gasteiger partial charge in [-0.15, -0.1) is 40.5 Å². The number of carbonyl (C=O) groups excluding carboxylic acids is 1. The van der Waals surface area contributed by atoms with Gasteiger partial charge in [-0.05, 0) is 105 Å². The zero-order valence-corrected chi connectivity index (χ0v) is 37.7. The summed E-state index contributed by atoms with van der Waals surface area (Å²) in [7, 11) is 0. The topological polar surface area (TPSA) is 50.2 Å². The van der Waals surface area contributed by atoms with Crippen LogP contribution in [0.4, 0.5) is 0 Å². The third-order valence-electron chi connectivity index (χ3n) is 10.6. The maximum Gasteiger partial charge on any atom is 0.162 e. The van der Waals surface area contributed by atoms with E-state index in [1.54, 1.807) is 0 Å². The van der Waals surface area contributed by atoms with Crippen LogP contribution in [0.1, 0.15) is 127 Å². The number of hydrogen-bond donors (Lipinski definition) is 1. The molecule has 53 heavy (non-hydrogen) atoms. The number of nitrogens with zero attached hydrogens (tertiary/aromatic N) is 1. The maximum atomic E-state index is 11.7. The van der Waals surface area contributed by atoms with Crippen LogP contribution in [0.2, 0.25) is 0 Å². The van der Waals surface area contributed by atoms with E-state index in [2.05, 4.69) is 111 Å². The van der Waals surface area contributed by atoms with Crippen molar-refractivity contribution in [3.05, 3.63) is 99.9 Å². The summed E-state index contributed by atoms with van der Waals surface area (Å²) < 4.78 is 1.25. The second-order valence-corrected chi connectivity index (χ2v) is 17.3. The number of allylic oxidation sites excluding steroid dienone is 2. The Morgan fingerprint density at radius 2 is 1.47 bits per heavy atom. The molecule has 3 aromatic carbocycles. The van der Waals surface area contributed by atoms with Gasteiger partial charge in [0.25, 0.3) is 0 Å². The molecule has 0 fully saturated rings. The molecule has 287 valence electrons. The third kappa shape index (κ3) is 10.6. The van der Waals surface area contributed by atoms with Gasteiger partial charge in [0.15, 0.2) is 5.78 Å². The third-order valence-corrected chi connectivity index (χ3v) is 11.9. The minimum atomic E-state index is 0. The second-order valence-electron chi connectivity index (χ2n) is 16.3. The predicted molar refractivity (Wildman–Crippen MR) is 227 cm³/mol. The fourth-order valence-electron chi connectivity index (χ4n) is 7.26. The summed E-state index contributed by atoms with van der Waals surface area (Å²) in [6.07, 6.45) is 7.96. The first-order valence-corrected chi connectivity index (χ1v) is 20.2. The van der Waals surface area contributed by atoms with Crippen molar-refractivity contribution < 1.29 is 30.0 Å². The molecule has 0 bridgehead atoms. The SMILES string of the molecule is CCC(CC)C(=O)/C=C(\O)C(CC)CC.Cc1cc2[c-]c(-c3nccc4c(C)c(-c5ccc(CC(C)(C)C)cc5C)sc34)cc(C(C)C)c2cc1C.[Ir]. The molecule has 0 saturated carbocycles. The van der Waals surface area contributed by atoms with Gasteiger partial charge in [-0.2, -0.15) is 0 Å². The van der Waals surface area contributed by atoms with Gasteiger partial charge in [0.2, 0.25) is 0 Å². The Labute approximate surface area is 338 Å². The summed E-state index contributed by atoms with van der Waals surface area (Å²) in [5, 5.41) is 13.5. The summed E-state index contributed by atoms with van der Waals surface area (Å²) in [5.74, 6) is 0.971. The molecule has 1 radical (unpaired) electrons. The van der Waals surface area contributed by atoms with Crippen LogP contribution in [0.25, 0.3) is 42.6 Å². The standard InChI is InChI=1S/C35H38NS.C13H24O2.Ir/c1-20(2)30-18-27(17-26-15-21(3)22(4)16-31(26)30)32-34-29(12-13-36-32)24(6)33(37-34)28-11-10-25(14-23(28)5)19-35(7,8)9;1-5-10(6-2)12(14)9-13(15)11(7-3)8-4;/h10-16,18,20H,19H2,1-9H3;9-11,14H,5-8H2,1-4H3;/q-1;;/b;12-9-;. The van der Waals surface area contributed by atoms with E-state index in [-0.39, 0.29) is 48.9 Å². The van der Waals surface area contributed by atoms with E-state index in [0.29, 0.717) is 5.92 Å². The number of aromatic nitrogens is 1. The van der Waals surface area contributed by atoms with Gasteiger partial charge in [-0.25, -0.2) is 0 Å². The van der Waals surface area contributed by atoms with Crippen LogP contribution in [0.15, 0.2) is 60.5 Å². The number of aryl methyl sites for hydroxylation is 4. The van der Waals surface area contributed by atoms with E-state index in [1.807, 2.05) is 45.2 Å². The summed E-state index contributed by atoms with van der Waals surface area (Å²) in [6, 6.07) is 19.9. The molecule has 2 aromatic heterocycles. The summed E-state index contributed by atoms with van der Waals surface area (Å²) in [4.78, 5) is 18.0. The van der Waals surface area contributed by atoms with Crippen LogP contribution >= 0.6 is 11.3 Å². The molecule has 0 aliphatic carbocycles. The first kappa shape index (κ1) is 44.3. The molecule has 0 spiro atoms. The number of aliphatic hydroxyl groups is 1. The number of benzene rings is 3. The summed E-state index contributed by atoms with van der Waals surface area (Å²) in [6.45, 7) is 28.4. The van der Waals surface area contributed by atoms with E-state index in [9.17, 15) is 9.90 Å². The van der Waals surface area contributed by atoms with Crippen molar-refractivity contribution in [3.63, 3.8) is 0 Å². The monoisotopic (exact) mass is 909 g/mol. The van der Waals surface area contributed by atoms with E-state index >= 15 is 0 Å². The largest absolute Gasteiger partial charge is 0.512 e. The van der Waals surface area contributed by atoms with E-state index in [1.165, 1.54) is 70.8 Å². The fourth-order valence-corrected chi connectivity index (χ4v) is 8.65. The Morgan fingerprint density at radius 1 is 0.849 bits per heavy atom. The number of rotatable bonds is 11. The minimum absolute atomic E-state index is 0. The molecule has 2 heterocycles. The van der Waals surface area contributed by atoms with Crippen molar-refractivity contribution in [3.8, 4) is 21.7 Å². The van der Waals surface area contributed by atoms with Crippen LogP contribution in [-0.4, -0.2) is 15.9 Å². The average molecular weight is 909 g/mol. The molecule has 5 rings (SSSR count). The van der Waals surface area contributed by atoms with Crippen molar-refractivity contribution in [2.75, 3.05) is 0 Å². The molecule has 0 atom stereocenters. The van der Waals surface area contributed by atoms with Crippen LogP contribution in [0, 0.1) is 51.0 Å². The number of thiophene rings is 1. The molecule has 1 N–H and O–H groups in total. The number of aliphatic hydroxyl groups excluding tert-OH is 1. The van der Waals surface area contributed by atoms with Crippen LogP contribution in [0.3, 0.4) is 0 Å². The van der Waals surface area contributed by atoms with Crippen LogP contribution in [-0.2, 0) is 31.3 Å². The van der Waals surface area contributed by atoms with Crippen molar-refractivity contribution in [2.24, 2.45) is 17.3 Å². The maximum absolute atomic E-state index is 11.7. The molecule has 3 nitrogen and oxygen atoms in total. The smallest absolute Gasteiger partial charge is 0.162 e. The second kappa shape index (κ2) is 19.0. The fraction of sp³-hybridized carbons (Fsp3) is 0.458. The molecule has 5 aromatic rings. The Bertz CT molecular complexity index is 2050. The van der Waals surface area contributed by atoms with Crippen molar-refractivity contribution in [2.45, 2.75) is 128 Å². The average Bonchev–Trinajstić information content (AvgIpc) is 3.41. The van der Waals surface area contributed by atoms with Gasteiger partial charge in [0.05, 0.1) is 5.76 Å². The first-order valence-electron chi connectivity index (χ1n) is 19.4. The van der Waals surface area contributed by atoms with Crippen LogP contribution in [0.5, 0.6) is 0 Å². The normalized spacial score (nSPS) is 12.1. The number of fused-ring (bicyclic) bond motifs is 2. The zero-order chi connectivity index (χ0) is 38.5. The number of hydrogen-bond acceptors (Lipinski definition) is 4.